The van der Waals surface area contributed by atoms with Crippen LogP contribution >= 0.6 is 0 Å². The Bertz CT molecular complexity index is 129. The SMILES string of the molecule is FC(F)(F)C1CCOCCCN1. The van der Waals surface area contributed by atoms with Crippen LogP contribution in [0.25, 0.3) is 0 Å². The Balaban J connectivity index is 2.40. The third-order valence-electron chi connectivity index (χ3n) is 1.80. The maximum atomic E-state index is 12.1. The summed E-state index contributed by atoms with van der Waals surface area (Å²) in [7, 11) is 0. The molecule has 0 aromatic rings. The smallest absolute Gasteiger partial charge is 0.381 e. The molecule has 0 aromatic carbocycles. The largest absolute Gasteiger partial charge is 0.403 e. The van der Waals surface area contributed by atoms with Gasteiger partial charge in [-0.3, -0.25) is 0 Å². The Kier molecular flexibility index (Phi) is 3.34. The molecule has 1 saturated heterocycles. The van der Waals surface area contributed by atoms with Crippen molar-refractivity contribution < 1.29 is 17.9 Å². The monoisotopic (exact) mass is 183 g/mol. The molecule has 1 fully saturated rings. The molecule has 0 aliphatic carbocycles. The first-order valence-corrected chi connectivity index (χ1v) is 3.98. The van der Waals surface area contributed by atoms with Gasteiger partial charge in [0.2, 0.25) is 0 Å². The number of ether oxygens (including phenoxy) is 1. The quantitative estimate of drug-likeness (QED) is 0.611. The second-order valence-corrected chi connectivity index (χ2v) is 2.80. The molecular weight excluding hydrogens is 171 g/mol. The number of halogens is 3. The Morgan fingerprint density at radius 2 is 2.00 bits per heavy atom. The van der Waals surface area contributed by atoms with Gasteiger partial charge in [0.05, 0.1) is 0 Å². The van der Waals surface area contributed by atoms with Crippen LogP contribution in [0.3, 0.4) is 0 Å². The molecule has 0 bridgehead atoms. The van der Waals surface area contributed by atoms with Crippen LogP contribution in [0.5, 0.6) is 0 Å². The lowest BCUT2D eigenvalue weighted by Crippen LogP contribution is -2.44. The standard InChI is InChI=1S/C7H12F3NO/c8-7(9,10)6-2-5-12-4-1-3-11-6/h6,11H,1-5H2. The zero-order chi connectivity index (χ0) is 9.03. The van der Waals surface area contributed by atoms with Gasteiger partial charge in [-0.25, -0.2) is 0 Å². The van der Waals surface area contributed by atoms with Crippen molar-refractivity contribution in [1.82, 2.24) is 5.32 Å². The average molecular weight is 183 g/mol. The molecule has 5 heteroatoms. The Labute approximate surface area is 69.1 Å². The first-order valence-electron chi connectivity index (χ1n) is 3.98. The van der Waals surface area contributed by atoms with Crippen molar-refractivity contribution in [2.75, 3.05) is 19.8 Å². The van der Waals surface area contributed by atoms with E-state index in [0.29, 0.717) is 19.6 Å². The molecule has 1 atom stereocenters. The summed E-state index contributed by atoms with van der Waals surface area (Å²) in [4.78, 5) is 0. The van der Waals surface area contributed by atoms with Gasteiger partial charge in [-0.15, -0.1) is 0 Å². The molecule has 0 radical (unpaired) electrons. The first-order chi connectivity index (χ1) is 5.61. The molecule has 1 unspecified atom stereocenters. The van der Waals surface area contributed by atoms with E-state index >= 15 is 0 Å². The van der Waals surface area contributed by atoms with Gasteiger partial charge in [0.15, 0.2) is 0 Å². The summed E-state index contributed by atoms with van der Waals surface area (Å²) in [6.45, 7) is 1.12. The predicted molar refractivity (Wildman–Crippen MR) is 37.9 cm³/mol. The molecular formula is C7H12F3NO. The minimum absolute atomic E-state index is 0.0174. The van der Waals surface area contributed by atoms with Gasteiger partial charge >= 0.3 is 6.18 Å². The minimum atomic E-state index is -4.14. The second-order valence-electron chi connectivity index (χ2n) is 2.80. The highest BCUT2D eigenvalue weighted by Crippen LogP contribution is 2.22. The summed E-state index contributed by atoms with van der Waals surface area (Å²) in [6.07, 6.45) is -3.48. The average Bonchev–Trinajstić information content (AvgIpc) is 1.81. The second kappa shape index (κ2) is 4.09. The van der Waals surface area contributed by atoms with E-state index in [1.807, 2.05) is 0 Å². The Morgan fingerprint density at radius 1 is 1.25 bits per heavy atom. The van der Waals surface area contributed by atoms with Gasteiger partial charge in [-0.05, 0) is 19.4 Å². The molecule has 0 amide bonds. The van der Waals surface area contributed by atoms with Crippen LogP contribution in [-0.2, 0) is 4.74 Å². The third kappa shape index (κ3) is 2.98. The maximum Gasteiger partial charge on any atom is 0.403 e. The lowest BCUT2D eigenvalue weighted by Gasteiger charge is -2.23. The van der Waals surface area contributed by atoms with Gasteiger partial charge in [-0.2, -0.15) is 13.2 Å². The number of hydrogen-bond acceptors (Lipinski definition) is 2. The van der Waals surface area contributed by atoms with Crippen LogP contribution in [0, 0.1) is 0 Å². The lowest BCUT2D eigenvalue weighted by molar-refractivity contribution is -0.161. The topological polar surface area (TPSA) is 21.3 Å². The molecule has 1 aliphatic rings. The van der Waals surface area contributed by atoms with Crippen molar-refractivity contribution in [2.45, 2.75) is 25.1 Å². The number of alkyl halides is 3. The summed E-state index contributed by atoms with van der Waals surface area (Å²) in [6, 6.07) is -1.39. The highest BCUT2D eigenvalue weighted by atomic mass is 19.4. The highest BCUT2D eigenvalue weighted by molar-refractivity contribution is 4.75. The fraction of sp³-hybridized carbons (Fsp3) is 1.00. The maximum absolute atomic E-state index is 12.1. The molecule has 72 valence electrons. The zero-order valence-electron chi connectivity index (χ0n) is 6.66. The van der Waals surface area contributed by atoms with Gasteiger partial charge < -0.3 is 10.1 Å². The van der Waals surface area contributed by atoms with Crippen LogP contribution in [0.1, 0.15) is 12.8 Å². The van der Waals surface area contributed by atoms with E-state index in [1.54, 1.807) is 0 Å². The number of nitrogens with one attached hydrogen (secondary N) is 1. The van der Waals surface area contributed by atoms with Crippen LogP contribution in [-0.4, -0.2) is 32.0 Å². The molecule has 12 heavy (non-hydrogen) atoms. The molecule has 2 nitrogen and oxygen atoms in total. The number of rotatable bonds is 0. The third-order valence-corrected chi connectivity index (χ3v) is 1.80. The summed E-state index contributed by atoms with van der Waals surface area (Å²) in [5, 5.41) is 2.46. The normalized spacial score (nSPS) is 27.8. The van der Waals surface area contributed by atoms with Crippen LogP contribution in [0.15, 0.2) is 0 Å². The summed E-state index contributed by atoms with van der Waals surface area (Å²) in [5.74, 6) is 0. The number of hydrogen-bond donors (Lipinski definition) is 1. The van der Waals surface area contributed by atoms with Crippen molar-refractivity contribution in [1.29, 1.82) is 0 Å². The lowest BCUT2D eigenvalue weighted by atomic mass is 10.2. The van der Waals surface area contributed by atoms with E-state index in [9.17, 15) is 13.2 Å². The minimum Gasteiger partial charge on any atom is -0.381 e. The predicted octanol–water partition coefficient (Wildman–Crippen LogP) is 1.32. The molecule has 1 N–H and O–H groups in total. The fourth-order valence-corrected chi connectivity index (χ4v) is 1.14. The Hall–Kier alpha value is -0.290. The van der Waals surface area contributed by atoms with Gasteiger partial charge in [0.1, 0.15) is 6.04 Å². The molecule has 0 spiro atoms. The van der Waals surface area contributed by atoms with Crippen LogP contribution in [0.4, 0.5) is 13.2 Å². The van der Waals surface area contributed by atoms with E-state index in [-0.39, 0.29) is 13.0 Å². The van der Waals surface area contributed by atoms with Crippen LogP contribution in [0.2, 0.25) is 0 Å². The van der Waals surface area contributed by atoms with E-state index in [2.05, 4.69) is 5.32 Å². The molecule has 1 rings (SSSR count). The summed E-state index contributed by atoms with van der Waals surface area (Å²) < 4.78 is 41.4. The van der Waals surface area contributed by atoms with Gasteiger partial charge in [0, 0.05) is 13.2 Å². The van der Waals surface area contributed by atoms with Crippen molar-refractivity contribution in [2.24, 2.45) is 0 Å². The first kappa shape index (κ1) is 9.80. The Morgan fingerprint density at radius 3 is 2.67 bits per heavy atom. The molecule has 1 heterocycles. The van der Waals surface area contributed by atoms with Crippen LogP contribution < -0.4 is 5.32 Å². The zero-order valence-corrected chi connectivity index (χ0v) is 6.66. The van der Waals surface area contributed by atoms with E-state index in [1.165, 1.54) is 0 Å². The van der Waals surface area contributed by atoms with Crippen molar-refractivity contribution in [3.63, 3.8) is 0 Å². The molecule has 0 aromatic heterocycles. The summed E-state index contributed by atoms with van der Waals surface area (Å²) in [5.41, 5.74) is 0. The van der Waals surface area contributed by atoms with Gasteiger partial charge in [-0.1, -0.05) is 0 Å². The van der Waals surface area contributed by atoms with E-state index < -0.39 is 12.2 Å². The van der Waals surface area contributed by atoms with Crippen molar-refractivity contribution >= 4 is 0 Å². The summed E-state index contributed by atoms with van der Waals surface area (Å²) >= 11 is 0. The van der Waals surface area contributed by atoms with Crippen molar-refractivity contribution in [3.05, 3.63) is 0 Å². The highest BCUT2D eigenvalue weighted by Gasteiger charge is 2.38. The van der Waals surface area contributed by atoms with Crippen molar-refractivity contribution in [3.8, 4) is 0 Å². The molecule has 0 saturated carbocycles. The van der Waals surface area contributed by atoms with E-state index in [4.69, 9.17) is 4.74 Å². The fourth-order valence-electron chi connectivity index (χ4n) is 1.14. The van der Waals surface area contributed by atoms with E-state index in [0.717, 1.165) is 0 Å². The molecule has 1 aliphatic heterocycles. The van der Waals surface area contributed by atoms with Gasteiger partial charge in [0.25, 0.3) is 0 Å².